The summed E-state index contributed by atoms with van der Waals surface area (Å²) in [5, 5.41) is 0. The van der Waals surface area contributed by atoms with Crippen LogP contribution in [0.5, 0.6) is 0 Å². The van der Waals surface area contributed by atoms with Crippen molar-refractivity contribution >= 4 is 0 Å². The van der Waals surface area contributed by atoms with Crippen molar-refractivity contribution in [2.45, 2.75) is 72.5 Å². The summed E-state index contributed by atoms with van der Waals surface area (Å²) >= 11 is 0. The van der Waals surface area contributed by atoms with Crippen LogP contribution in [0.3, 0.4) is 0 Å². The average molecular weight is 300 g/mol. The minimum absolute atomic E-state index is 0.334. The fourth-order valence-corrected chi connectivity index (χ4v) is 3.46. The highest BCUT2D eigenvalue weighted by Crippen LogP contribution is 2.36. The molecule has 1 fully saturated rings. The normalized spacial score (nSPS) is 28.0. The lowest BCUT2D eigenvalue weighted by molar-refractivity contribution is -0.0701. The molecule has 1 aliphatic carbocycles. The van der Waals surface area contributed by atoms with Gasteiger partial charge in [-0.25, -0.2) is 0 Å². The zero-order valence-electron chi connectivity index (χ0n) is 14.8. The van der Waals surface area contributed by atoms with Gasteiger partial charge in [0, 0.05) is 0 Å². The molecule has 0 amide bonds. The summed E-state index contributed by atoms with van der Waals surface area (Å²) in [5.74, 6) is 2.19. The van der Waals surface area contributed by atoms with Gasteiger partial charge in [-0.05, 0) is 37.5 Å². The highest BCUT2D eigenvalue weighted by atomic mass is 16.5. The monoisotopic (exact) mass is 300 g/mol. The van der Waals surface area contributed by atoms with E-state index in [9.17, 15) is 0 Å². The quantitative estimate of drug-likeness (QED) is 0.563. The Labute approximate surface area is 131 Å². The molecule has 0 aromatic carbocycles. The lowest BCUT2D eigenvalue weighted by Gasteiger charge is -2.39. The Morgan fingerprint density at radius 3 is 2.38 bits per heavy atom. The molecule has 0 aromatic heterocycles. The molecule has 1 rings (SSSR count). The molecular weight excluding hydrogens is 264 g/mol. The van der Waals surface area contributed by atoms with Crippen LogP contribution >= 0.6 is 0 Å². The molecule has 1 aliphatic rings. The number of rotatable bonds is 10. The lowest BCUT2D eigenvalue weighted by atomic mass is 9.72. The van der Waals surface area contributed by atoms with Crippen LogP contribution in [0.25, 0.3) is 0 Å². The van der Waals surface area contributed by atoms with Crippen molar-refractivity contribution in [2.24, 2.45) is 17.8 Å². The van der Waals surface area contributed by atoms with Crippen molar-refractivity contribution in [1.29, 1.82) is 0 Å². The van der Waals surface area contributed by atoms with E-state index in [-0.39, 0.29) is 0 Å². The van der Waals surface area contributed by atoms with Crippen LogP contribution in [0.2, 0.25) is 0 Å². The maximum atomic E-state index is 6.11. The third-order valence-corrected chi connectivity index (χ3v) is 4.77. The van der Waals surface area contributed by atoms with E-state index in [2.05, 4.69) is 34.6 Å². The van der Waals surface area contributed by atoms with Crippen LogP contribution in [0.1, 0.15) is 60.3 Å². The second-order valence-electron chi connectivity index (χ2n) is 6.84. The van der Waals surface area contributed by atoms with Gasteiger partial charge in [0.05, 0.1) is 38.6 Å². The van der Waals surface area contributed by atoms with Gasteiger partial charge in [0.1, 0.15) is 0 Å². The lowest BCUT2D eigenvalue weighted by Crippen LogP contribution is -2.37. The van der Waals surface area contributed by atoms with Crippen LogP contribution in [0, 0.1) is 17.8 Å². The minimum atomic E-state index is 0.334. The summed E-state index contributed by atoms with van der Waals surface area (Å²) in [6, 6.07) is 0. The van der Waals surface area contributed by atoms with Gasteiger partial charge in [0.2, 0.25) is 0 Å². The standard InChI is InChI=1S/C18H36O3/c1-6-16(5)20-12-10-19-11-13-21-17-9-7-8-15(4)18(17)14(2)3/h14-18H,6-13H2,1-5H3. The molecule has 0 spiro atoms. The van der Waals surface area contributed by atoms with E-state index in [0.717, 1.165) is 12.3 Å². The molecule has 0 aromatic rings. The van der Waals surface area contributed by atoms with Crippen molar-refractivity contribution in [1.82, 2.24) is 0 Å². The van der Waals surface area contributed by atoms with Crippen molar-refractivity contribution in [3.05, 3.63) is 0 Å². The average Bonchev–Trinajstić information content (AvgIpc) is 2.45. The molecule has 1 saturated carbocycles. The summed E-state index contributed by atoms with van der Waals surface area (Å²) in [4.78, 5) is 0. The smallest absolute Gasteiger partial charge is 0.0704 e. The van der Waals surface area contributed by atoms with Crippen molar-refractivity contribution in [2.75, 3.05) is 26.4 Å². The van der Waals surface area contributed by atoms with E-state index in [1.165, 1.54) is 19.3 Å². The summed E-state index contributed by atoms with van der Waals surface area (Å²) in [7, 11) is 0. The molecule has 21 heavy (non-hydrogen) atoms. The first-order valence-electron chi connectivity index (χ1n) is 8.87. The van der Waals surface area contributed by atoms with E-state index in [1.807, 2.05) is 0 Å². The van der Waals surface area contributed by atoms with Gasteiger partial charge >= 0.3 is 0 Å². The molecular formula is C18H36O3. The summed E-state index contributed by atoms with van der Waals surface area (Å²) in [6.07, 6.45) is 5.68. The van der Waals surface area contributed by atoms with Crippen molar-refractivity contribution < 1.29 is 14.2 Å². The second-order valence-corrected chi connectivity index (χ2v) is 6.84. The Balaban J connectivity index is 2.11. The van der Waals surface area contributed by atoms with Gasteiger partial charge in [-0.1, -0.05) is 40.5 Å². The molecule has 0 saturated heterocycles. The fourth-order valence-electron chi connectivity index (χ4n) is 3.46. The third-order valence-electron chi connectivity index (χ3n) is 4.77. The molecule has 0 aliphatic heterocycles. The molecule has 4 unspecified atom stereocenters. The summed E-state index contributed by atoms with van der Waals surface area (Å²) < 4.78 is 17.3. The van der Waals surface area contributed by atoms with Crippen molar-refractivity contribution in [3.63, 3.8) is 0 Å². The van der Waals surface area contributed by atoms with Crippen LogP contribution in [-0.4, -0.2) is 38.6 Å². The van der Waals surface area contributed by atoms with Gasteiger partial charge in [-0.15, -0.1) is 0 Å². The maximum absolute atomic E-state index is 6.11. The summed E-state index contributed by atoms with van der Waals surface area (Å²) in [5.41, 5.74) is 0. The molecule has 126 valence electrons. The zero-order valence-corrected chi connectivity index (χ0v) is 14.8. The summed E-state index contributed by atoms with van der Waals surface area (Å²) in [6.45, 7) is 14.0. The molecule has 0 radical (unpaired) electrons. The molecule has 3 nitrogen and oxygen atoms in total. The Morgan fingerprint density at radius 1 is 1.00 bits per heavy atom. The predicted molar refractivity (Wildman–Crippen MR) is 87.6 cm³/mol. The number of hydrogen-bond acceptors (Lipinski definition) is 3. The number of hydrogen-bond donors (Lipinski definition) is 0. The van der Waals surface area contributed by atoms with E-state index >= 15 is 0 Å². The van der Waals surface area contributed by atoms with Gasteiger partial charge in [0.15, 0.2) is 0 Å². The molecule has 3 heteroatoms. The first-order valence-corrected chi connectivity index (χ1v) is 8.87. The highest BCUT2D eigenvalue weighted by Gasteiger charge is 2.33. The van der Waals surface area contributed by atoms with Crippen molar-refractivity contribution in [3.8, 4) is 0 Å². The first kappa shape index (κ1) is 18.9. The van der Waals surface area contributed by atoms with E-state index < -0.39 is 0 Å². The predicted octanol–water partition coefficient (Wildman–Crippen LogP) is 4.30. The molecule has 0 bridgehead atoms. The molecule has 0 N–H and O–H groups in total. The Hall–Kier alpha value is -0.120. The SMILES string of the molecule is CCC(C)OCCOCCOC1CCCC(C)C1C(C)C. The van der Waals surface area contributed by atoms with E-state index in [1.54, 1.807) is 0 Å². The van der Waals surface area contributed by atoms with Gasteiger partial charge in [-0.3, -0.25) is 0 Å². The van der Waals surface area contributed by atoms with Crippen LogP contribution < -0.4 is 0 Å². The fraction of sp³-hybridized carbons (Fsp3) is 1.00. The Kier molecular flexibility index (Phi) is 9.54. The van der Waals surface area contributed by atoms with E-state index in [4.69, 9.17) is 14.2 Å². The van der Waals surface area contributed by atoms with Gasteiger partial charge in [0.25, 0.3) is 0 Å². The minimum Gasteiger partial charge on any atom is -0.377 e. The molecule has 0 heterocycles. The van der Waals surface area contributed by atoms with Gasteiger partial charge < -0.3 is 14.2 Å². The Bertz CT molecular complexity index is 255. The Morgan fingerprint density at radius 2 is 1.71 bits per heavy atom. The first-order chi connectivity index (χ1) is 10.1. The van der Waals surface area contributed by atoms with Crippen LogP contribution in [-0.2, 0) is 14.2 Å². The topological polar surface area (TPSA) is 27.7 Å². The largest absolute Gasteiger partial charge is 0.377 e. The maximum Gasteiger partial charge on any atom is 0.0704 e. The second kappa shape index (κ2) is 10.6. The number of ether oxygens (including phenoxy) is 3. The molecule has 4 atom stereocenters. The van der Waals surface area contributed by atoms with E-state index in [0.29, 0.717) is 50.5 Å². The van der Waals surface area contributed by atoms with Crippen LogP contribution in [0.15, 0.2) is 0 Å². The van der Waals surface area contributed by atoms with Crippen LogP contribution in [0.4, 0.5) is 0 Å². The zero-order chi connectivity index (χ0) is 15.7. The highest BCUT2D eigenvalue weighted by molar-refractivity contribution is 4.82. The third kappa shape index (κ3) is 7.12. The van der Waals surface area contributed by atoms with Gasteiger partial charge in [-0.2, -0.15) is 0 Å².